The van der Waals surface area contributed by atoms with Crippen LogP contribution in [0.5, 0.6) is 0 Å². The number of allylic oxidation sites excluding steroid dienone is 10. The lowest BCUT2D eigenvalue weighted by molar-refractivity contribution is -0.146. The zero-order valence-electron chi connectivity index (χ0n) is 23.8. The number of Topliss-reactive ketones (excluding diaryl/α,β-unsaturated/α-hetero) is 2. The van der Waals surface area contributed by atoms with E-state index in [0.29, 0.717) is 16.5 Å². The van der Waals surface area contributed by atoms with Crippen LogP contribution in [-0.2, 0) is 28.7 Å². The molecule has 0 spiro atoms. The van der Waals surface area contributed by atoms with Gasteiger partial charge in [-0.05, 0) is 31.8 Å². The van der Waals surface area contributed by atoms with Gasteiger partial charge in [0.1, 0.15) is 12.8 Å². The standard InChI is InChI=1S/C16H24O3.C12H15BrO3.C2H6/c1-7-13(16(4,5)6)10-9-12(3)14(17)11-15(18)19-8-2;1-3-5-6-7-10(9-13)11(14)8-12(15)16-4-2;1-2/h7,9-10H,3,8,11H2,1-2,4-6H3;3,5-7H,1,4,8-9H2,2H3;1-2H3/b10-9-,13-7+;6-5-,10-7+;. The van der Waals surface area contributed by atoms with Crippen LogP contribution in [0.3, 0.4) is 0 Å². The highest BCUT2D eigenvalue weighted by molar-refractivity contribution is 9.09. The van der Waals surface area contributed by atoms with Gasteiger partial charge in [0.25, 0.3) is 0 Å². The largest absolute Gasteiger partial charge is 0.466 e. The molecule has 0 aliphatic heterocycles. The SMILES string of the molecule is C=C(/C=C\C(=C/C)C(C)(C)C)C(=O)CC(=O)OCC.C=C/C=C\C=C(/CBr)C(=O)CC(=O)OCC.CC. The molecule has 37 heavy (non-hydrogen) atoms. The van der Waals surface area contributed by atoms with E-state index in [1.807, 2.05) is 32.9 Å². The number of esters is 2. The lowest BCUT2D eigenvalue weighted by Crippen LogP contribution is -2.13. The first-order valence-corrected chi connectivity index (χ1v) is 13.4. The normalized spacial score (nSPS) is 11.6. The minimum absolute atomic E-state index is 0.00964. The van der Waals surface area contributed by atoms with Gasteiger partial charge >= 0.3 is 11.9 Å². The first-order valence-electron chi connectivity index (χ1n) is 12.3. The number of rotatable bonds is 13. The van der Waals surface area contributed by atoms with Gasteiger partial charge in [0.05, 0.1) is 13.2 Å². The molecule has 0 saturated heterocycles. The van der Waals surface area contributed by atoms with E-state index >= 15 is 0 Å². The van der Waals surface area contributed by atoms with Gasteiger partial charge in [-0.2, -0.15) is 0 Å². The predicted molar refractivity (Wildman–Crippen MR) is 157 cm³/mol. The first-order chi connectivity index (χ1) is 17.4. The molecule has 0 aromatic carbocycles. The summed E-state index contributed by atoms with van der Waals surface area (Å²) in [5.41, 5.74) is 1.97. The van der Waals surface area contributed by atoms with Crippen LogP contribution >= 0.6 is 15.9 Å². The highest BCUT2D eigenvalue weighted by atomic mass is 79.9. The van der Waals surface area contributed by atoms with Gasteiger partial charge < -0.3 is 9.47 Å². The van der Waals surface area contributed by atoms with Crippen molar-refractivity contribution in [1.82, 2.24) is 0 Å². The van der Waals surface area contributed by atoms with E-state index in [1.54, 1.807) is 44.2 Å². The third kappa shape index (κ3) is 21.0. The second-order valence-corrected chi connectivity index (χ2v) is 8.67. The van der Waals surface area contributed by atoms with E-state index in [9.17, 15) is 19.2 Å². The predicted octanol–water partition coefficient (Wildman–Crippen LogP) is 7.21. The van der Waals surface area contributed by atoms with E-state index in [1.165, 1.54) is 0 Å². The second kappa shape index (κ2) is 23.6. The summed E-state index contributed by atoms with van der Waals surface area (Å²) in [4.78, 5) is 45.6. The molecule has 0 heterocycles. The molecular formula is C30H45BrO6. The summed E-state index contributed by atoms with van der Waals surface area (Å²) in [6.07, 6.45) is 11.7. The van der Waals surface area contributed by atoms with Crippen molar-refractivity contribution < 1.29 is 28.7 Å². The number of ether oxygens (including phenoxy) is 2. The highest BCUT2D eigenvalue weighted by Gasteiger charge is 2.15. The fraction of sp³-hybridized carbons (Fsp3) is 0.467. The second-order valence-electron chi connectivity index (χ2n) is 8.11. The molecule has 208 valence electrons. The van der Waals surface area contributed by atoms with Crippen LogP contribution in [0.4, 0.5) is 0 Å². The first kappa shape index (κ1) is 38.7. The van der Waals surface area contributed by atoms with Crippen molar-refractivity contribution in [2.75, 3.05) is 18.5 Å². The molecule has 0 aliphatic rings. The highest BCUT2D eigenvalue weighted by Crippen LogP contribution is 2.26. The maximum absolute atomic E-state index is 11.7. The lowest BCUT2D eigenvalue weighted by atomic mass is 9.85. The van der Waals surface area contributed by atoms with Crippen molar-refractivity contribution in [3.05, 3.63) is 72.4 Å². The molecule has 0 aromatic rings. The molecule has 0 N–H and O–H groups in total. The molecule has 7 heteroatoms. The smallest absolute Gasteiger partial charge is 0.313 e. The monoisotopic (exact) mass is 580 g/mol. The van der Waals surface area contributed by atoms with Crippen molar-refractivity contribution in [2.45, 2.75) is 68.2 Å². The summed E-state index contributed by atoms with van der Waals surface area (Å²) in [7, 11) is 0. The summed E-state index contributed by atoms with van der Waals surface area (Å²) in [5, 5.41) is 0.409. The van der Waals surface area contributed by atoms with Crippen molar-refractivity contribution >= 4 is 39.4 Å². The van der Waals surface area contributed by atoms with Gasteiger partial charge in [-0.3, -0.25) is 19.2 Å². The van der Waals surface area contributed by atoms with Crippen LogP contribution in [0, 0.1) is 5.41 Å². The van der Waals surface area contributed by atoms with Gasteiger partial charge in [0.15, 0.2) is 11.6 Å². The molecule has 6 nitrogen and oxygen atoms in total. The molecule has 0 radical (unpaired) electrons. The Hall–Kier alpha value is -2.80. The summed E-state index contributed by atoms with van der Waals surface area (Å²) in [6.45, 7) is 23.4. The fourth-order valence-corrected chi connectivity index (χ4v) is 2.94. The molecule has 0 atom stereocenters. The average Bonchev–Trinajstić information content (AvgIpc) is 2.83. The van der Waals surface area contributed by atoms with Crippen molar-refractivity contribution in [2.24, 2.45) is 5.41 Å². The molecule has 0 amide bonds. The number of carbonyl (C=O) groups excluding carboxylic acids is 4. The summed E-state index contributed by atoms with van der Waals surface area (Å²) >= 11 is 3.20. The van der Waals surface area contributed by atoms with Crippen LogP contribution in [0.1, 0.15) is 68.2 Å². The van der Waals surface area contributed by atoms with Crippen molar-refractivity contribution in [1.29, 1.82) is 0 Å². The van der Waals surface area contributed by atoms with E-state index in [4.69, 9.17) is 9.47 Å². The van der Waals surface area contributed by atoms with Crippen LogP contribution < -0.4 is 0 Å². The van der Waals surface area contributed by atoms with Gasteiger partial charge in [-0.1, -0.05) is 106 Å². The Morgan fingerprint density at radius 3 is 1.73 bits per heavy atom. The Morgan fingerprint density at radius 2 is 1.35 bits per heavy atom. The summed E-state index contributed by atoms with van der Waals surface area (Å²) in [6, 6.07) is 0. The minimum Gasteiger partial charge on any atom is -0.466 e. The Labute approximate surface area is 232 Å². The van der Waals surface area contributed by atoms with E-state index in [2.05, 4.69) is 49.9 Å². The topological polar surface area (TPSA) is 86.7 Å². The number of halogens is 1. The molecule has 0 saturated carbocycles. The molecule has 0 aliphatic carbocycles. The molecule has 0 rings (SSSR count). The Kier molecular flexibility index (Phi) is 24.7. The van der Waals surface area contributed by atoms with Gasteiger partial charge in [-0.25, -0.2) is 0 Å². The third-order valence-electron chi connectivity index (χ3n) is 4.27. The number of carbonyl (C=O) groups is 4. The Bertz CT molecular complexity index is 867. The van der Waals surface area contributed by atoms with Crippen LogP contribution in [0.2, 0.25) is 0 Å². The average molecular weight is 582 g/mol. The van der Waals surface area contributed by atoms with E-state index < -0.39 is 11.9 Å². The zero-order valence-corrected chi connectivity index (χ0v) is 25.4. The molecule has 0 bridgehead atoms. The van der Waals surface area contributed by atoms with Crippen LogP contribution in [-0.4, -0.2) is 42.0 Å². The fourth-order valence-electron chi connectivity index (χ4n) is 2.44. The maximum atomic E-state index is 11.7. The third-order valence-corrected chi connectivity index (χ3v) is 4.87. The number of alkyl halides is 1. The van der Waals surface area contributed by atoms with E-state index in [-0.39, 0.29) is 43.0 Å². The maximum Gasteiger partial charge on any atom is 0.313 e. The number of ketones is 2. The van der Waals surface area contributed by atoms with Gasteiger partial charge in [-0.15, -0.1) is 0 Å². The number of hydrogen-bond donors (Lipinski definition) is 0. The molecule has 0 unspecified atom stereocenters. The lowest BCUT2D eigenvalue weighted by Gasteiger charge is -2.19. The zero-order chi connectivity index (χ0) is 29.4. The summed E-state index contributed by atoms with van der Waals surface area (Å²) < 4.78 is 9.42. The van der Waals surface area contributed by atoms with Gasteiger partial charge in [0, 0.05) is 16.5 Å². The Morgan fingerprint density at radius 1 is 0.865 bits per heavy atom. The minimum atomic E-state index is -0.510. The number of hydrogen-bond acceptors (Lipinski definition) is 6. The Balaban J connectivity index is -0.000000593. The summed E-state index contributed by atoms with van der Waals surface area (Å²) in [5.74, 6) is -1.54. The van der Waals surface area contributed by atoms with E-state index in [0.717, 1.165) is 5.57 Å². The van der Waals surface area contributed by atoms with Crippen LogP contribution in [0.15, 0.2) is 72.4 Å². The van der Waals surface area contributed by atoms with Crippen LogP contribution in [0.25, 0.3) is 0 Å². The molecule has 0 aromatic heterocycles. The van der Waals surface area contributed by atoms with Crippen molar-refractivity contribution in [3.63, 3.8) is 0 Å². The quantitative estimate of drug-likeness (QED) is 0.0751. The van der Waals surface area contributed by atoms with Crippen molar-refractivity contribution in [3.8, 4) is 0 Å². The molecule has 0 fully saturated rings. The van der Waals surface area contributed by atoms with Gasteiger partial charge in [0.2, 0.25) is 0 Å². The molecular weight excluding hydrogens is 536 g/mol.